The van der Waals surface area contributed by atoms with Crippen LogP contribution < -0.4 is 0 Å². The number of H-pyrrole nitrogens is 1. The van der Waals surface area contributed by atoms with E-state index in [-0.39, 0.29) is 5.91 Å². The van der Waals surface area contributed by atoms with E-state index in [1.165, 1.54) is 6.42 Å². The fourth-order valence-electron chi connectivity index (χ4n) is 2.24. The Morgan fingerprint density at radius 2 is 2.56 bits per heavy atom. The first kappa shape index (κ1) is 11.2. The molecule has 1 aliphatic rings. The highest BCUT2D eigenvalue weighted by Gasteiger charge is 2.20. The summed E-state index contributed by atoms with van der Waals surface area (Å²) < 4.78 is 0. The van der Waals surface area contributed by atoms with Gasteiger partial charge in [0.1, 0.15) is 0 Å². The number of aromatic nitrogens is 2. The van der Waals surface area contributed by atoms with E-state index in [1.807, 2.05) is 4.90 Å². The third kappa shape index (κ3) is 2.84. The molecule has 1 aromatic rings. The number of aromatic amines is 1. The lowest BCUT2D eigenvalue weighted by Crippen LogP contribution is -2.39. The van der Waals surface area contributed by atoms with Crippen LogP contribution in [0.25, 0.3) is 0 Å². The molecular weight excluding hydrogens is 202 g/mol. The Morgan fingerprint density at radius 1 is 1.69 bits per heavy atom. The molecular formula is C12H19N3O. The Hall–Kier alpha value is -1.32. The van der Waals surface area contributed by atoms with Crippen molar-refractivity contribution in [1.29, 1.82) is 0 Å². The van der Waals surface area contributed by atoms with E-state index in [0.717, 1.165) is 31.6 Å². The van der Waals surface area contributed by atoms with Gasteiger partial charge in [-0.15, -0.1) is 0 Å². The summed E-state index contributed by atoms with van der Waals surface area (Å²) in [6.45, 7) is 4.09. The molecule has 1 fully saturated rings. The number of likely N-dealkylation sites (tertiary alicyclic amines) is 1. The maximum atomic E-state index is 11.9. The van der Waals surface area contributed by atoms with Gasteiger partial charge in [-0.3, -0.25) is 4.79 Å². The van der Waals surface area contributed by atoms with Crippen molar-refractivity contribution in [3.8, 4) is 0 Å². The van der Waals surface area contributed by atoms with Crippen molar-refractivity contribution in [2.24, 2.45) is 5.92 Å². The Kier molecular flexibility index (Phi) is 3.59. The molecule has 2 rings (SSSR count). The lowest BCUT2D eigenvalue weighted by atomic mass is 10.00. The van der Waals surface area contributed by atoms with Crippen molar-refractivity contribution in [3.63, 3.8) is 0 Å². The number of nitrogens with zero attached hydrogens (tertiary/aromatic N) is 2. The Bertz CT molecular complexity index is 334. The summed E-state index contributed by atoms with van der Waals surface area (Å²) in [5, 5.41) is 0. The Morgan fingerprint density at radius 3 is 3.25 bits per heavy atom. The maximum Gasteiger partial charge on any atom is 0.222 e. The summed E-state index contributed by atoms with van der Waals surface area (Å²) >= 11 is 0. The highest BCUT2D eigenvalue weighted by atomic mass is 16.2. The van der Waals surface area contributed by atoms with Crippen LogP contribution in [0.2, 0.25) is 0 Å². The van der Waals surface area contributed by atoms with E-state index in [0.29, 0.717) is 12.3 Å². The van der Waals surface area contributed by atoms with E-state index in [4.69, 9.17) is 0 Å². The predicted molar refractivity (Wildman–Crippen MR) is 61.9 cm³/mol. The van der Waals surface area contributed by atoms with Crippen LogP contribution in [0.1, 0.15) is 31.9 Å². The number of rotatable bonds is 3. The number of piperidine rings is 1. The van der Waals surface area contributed by atoms with Gasteiger partial charge in [0.05, 0.1) is 6.33 Å². The van der Waals surface area contributed by atoms with Crippen LogP contribution in [0.3, 0.4) is 0 Å². The van der Waals surface area contributed by atoms with Gasteiger partial charge in [-0.05, 0) is 25.2 Å². The molecule has 16 heavy (non-hydrogen) atoms. The second-order valence-corrected chi connectivity index (χ2v) is 4.66. The summed E-state index contributed by atoms with van der Waals surface area (Å²) in [7, 11) is 0. The second kappa shape index (κ2) is 5.14. The van der Waals surface area contributed by atoms with Crippen LogP contribution in [-0.4, -0.2) is 33.9 Å². The summed E-state index contributed by atoms with van der Waals surface area (Å²) in [4.78, 5) is 20.9. The largest absolute Gasteiger partial charge is 0.348 e. The standard InChI is InChI=1S/C12H19N3O/c1-10-3-2-6-15(8-10)12(16)5-4-11-7-13-9-14-11/h7,9-10H,2-6,8H2,1H3,(H,13,14). The molecule has 0 aromatic carbocycles. The number of aryl methyl sites for hydroxylation is 1. The highest BCUT2D eigenvalue weighted by Crippen LogP contribution is 2.16. The van der Waals surface area contributed by atoms with E-state index in [2.05, 4.69) is 16.9 Å². The summed E-state index contributed by atoms with van der Waals surface area (Å²) in [5.74, 6) is 0.936. The van der Waals surface area contributed by atoms with Gasteiger partial charge in [0.25, 0.3) is 0 Å². The molecule has 0 bridgehead atoms. The number of amides is 1. The molecule has 0 aliphatic carbocycles. The van der Waals surface area contributed by atoms with Gasteiger partial charge in [-0.1, -0.05) is 6.92 Å². The molecule has 0 saturated carbocycles. The molecule has 1 aliphatic heterocycles. The molecule has 4 nitrogen and oxygen atoms in total. The van der Waals surface area contributed by atoms with Crippen molar-refractivity contribution in [2.75, 3.05) is 13.1 Å². The zero-order valence-electron chi connectivity index (χ0n) is 9.78. The average Bonchev–Trinajstić information content (AvgIpc) is 2.78. The first-order valence-corrected chi connectivity index (χ1v) is 6.00. The van der Waals surface area contributed by atoms with Crippen LogP contribution in [-0.2, 0) is 11.2 Å². The molecule has 0 spiro atoms. The van der Waals surface area contributed by atoms with Crippen molar-refractivity contribution < 1.29 is 4.79 Å². The van der Waals surface area contributed by atoms with Crippen molar-refractivity contribution >= 4 is 5.91 Å². The van der Waals surface area contributed by atoms with E-state index < -0.39 is 0 Å². The lowest BCUT2D eigenvalue weighted by Gasteiger charge is -2.31. The SMILES string of the molecule is CC1CCCN(C(=O)CCc2cnc[nH]2)C1. The predicted octanol–water partition coefficient (Wildman–Crippen LogP) is 1.60. The second-order valence-electron chi connectivity index (χ2n) is 4.66. The number of imidazole rings is 1. The summed E-state index contributed by atoms with van der Waals surface area (Å²) in [6, 6.07) is 0. The third-order valence-corrected chi connectivity index (χ3v) is 3.17. The van der Waals surface area contributed by atoms with Crippen LogP contribution in [0.4, 0.5) is 0 Å². The first-order chi connectivity index (χ1) is 7.75. The van der Waals surface area contributed by atoms with Crippen LogP contribution in [0.15, 0.2) is 12.5 Å². The minimum atomic E-state index is 0.279. The average molecular weight is 221 g/mol. The van der Waals surface area contributed by atoms with Crippen molar-refractivity contribution in [2.45, 2.75) is 32.6 Å². The van der Waals surface area contributed by atoms with E-state index >= 15 is 0 Å². The number of nitrogens with one attached hydrogen (secondary N) is 1. The first-order valence-electron chi connectivity index (χ1n) is 6.00. The van der Waals surface area contributed by atoms with Gasteiger partial charge in [-0.2, -0.15) is 0 Å². The minimum absolute atomic E-state index is 0.279. The Labute approximate surface area is 96.1 Å². The zero-order valence-corrected chi connectivity index (χ0v) is 9.78. The Balaban J connectivity index is 1.79. The van der Waals surface area contributed by atoms with Gasteiger partial charge >= 0.3 is 0 Å². The molecule has 0 radical (unpaired) electrons. The van der Waals surface area contributed by atoms with Gasteiger partial charge in [0.15, 0.2) is 0 Å². The quantitative estimate of drug-likeness (QED) is 0.842. The molecule has 88 valence electrons. The topological polar surface area (TPSA) is 49.0 Å². The van der Waals surface area contributed by atoms with Crippen molar-refractivity contribution in [3.05, 3.63) is 18.2 Å². The normalized spacial score (nSPS) is 21.1. The van der Waals surface area contributed by atoms with Crippen molar-refractivity contribution in [1.82, 2.24) is 14.9 Å². The van der Waals surface area contributed by atoms with Crippen LogP contribution in [0, 0.1) is 5.92 Å². The summed E-state index contributed by atoms with van der Waals surface area (Å²) in [5.41, 5.74) is 1.04. The molecule has 1 aromatic heterocycles. The number of hydrogen-bond acceptors (Lipinski definition) is 2. The zero-order chi connectivity index (χ0) is 11.4. The number of carbonyl (C=O) groups is 1. The maximum absolute atomic E-state index is 11.9. The molecule has 1 N–H and O–H groups in total. The minimum Gasteiger partial charge on any atom is -0.348 e. The molecule has 1 amide bonds. The highest BCUT2D eigenvalue weighted by molar-refractivity contribution is 5.76. The fraction of sp³-hybridized carbons (Fsp3) is 0.667. The van der Waals surface area contributed by atoms with Crippen LogP contribution >= 0.6 is 0 Å². The van der Waals surface area contributed by atoms with Gasteiger partial charge in [-0.25, -0.2) is 4.98 Å². The van der Waals surface area contributed by atoms with Gasteiger partial charge in [0.2, 0.25) is 5.91 Å². The van der Waals surface area contributed by atoms with E-state index in [1.54, 1.807) is 12.5 Å². The molecule has 1 unspecified atom stereocenters. The molecule has 1 saturated heterocycles. The summed E-state index contributed by atoms with van der Waals surface area (Å²) in [6.07, 6.45) is 7.20. The fourth-order valence-corrected chi connectivity index (χ4v) is 2.24. The monoisotopic (exact) mass is 221 g/mol. The van der Waals surface area contributed by atoms with Gasteiger partial charge < -0.3 is 9.88 Å². The van der Waals surface area contributed by atoms with Crippen LogP contribution in [0.5, 0.6) is 0 Å². The molecule has 2 heterocycles. The molecule has 4 heteroatoms. The number of hydrogen-bond donors (Lipinski definition) is 1. The molecule has 1 atom stereocenters. The van der Waals surface area contributed by atoms with Gasteiger partial charge in [0, 0.05) is 31.4 Å². The number of carbonyl (C=O) groups excluding carboxylic acids is 1. The van der Waals surface area contributed by atoms with E-state index in [9.17, 15) is 4.79 Å². The smallest absolute Gasteiger partial charge is 0.222 e. The lowest BCUT2D eigenvalue weighted by molar-refractivity contribution is -0.132. The third-order valence-electron chi connectivity index (χ3n) is 3.17.